The summed E-state index contributed by atoms with van der Waals surface area (Å²) in [5.41, 5.74) is 3.26. The van der Waals surface area contributed by atoms with Crippen molar-refractivity contribution >= 4 is 22.6 Å². The van der Waals surface area contributed by atoms with E-state index in [2.05, 4.69) is 23.0 Å². The minimum Gasteiger partial charge on any atom is -0.321 e. The zero-order chi connectivity index (χ0) is 14.8. The molecule has 0 saturated heterocycles. The van der Waals surface area contributed by atoms with Crippen LogP contribution in [0.4, 0.5) is 4.39 Å². The van der Waals surface area contributed by atoms with Gasteiger partial charge in [0.2, 0.25) is 0 Å². The molecule has 0 N–H and O–H groups in total. The van der Waals surface area contributed by atoms with Crippen LogP contribution >= 0.6 is 11.6 Å². The van der Waals surface area contributed by atoms with Crippen molar-refractivity contribution in [3.8, 4) is 0 Å². The predicted octanol–water partition coefficient (Wildman–Crippen LogP) is 3.92. The highest BCUT2D eigenvalue weighted by Gasteiger charge is 2.14. The van der Waals surface area contributed by atoms with E-state index in [-0.39, 0.29) is 11.7 Å². The third-order valence-corrected chi connectivity index (χ3v) is 3.84. The summed E-state index contributed by atoms with van der Waals surface area (Å²) in [5, 5.41) is 0. The quantitative estimate of drug-likeness (QED) is 0.684. The first-order valence-electron chi connectivity index (χ1n) is 6.87. The summed E-state index contributed by atoms with van der Waals surface area (Å²) in [6, 6.07) is 8.94. The maximum absolute atomic E-state index is 13.9. The van der Waals surface area contributed by atoms with E-state index in [1.165, 1.54) is 11.6 Å². The van der Waals surface area contributed by atoms with E-state index >= 15 is 0 Å². The molecular formula is C16H15ClFN3. The van der Waals surface area contributed by atoms with Crippen LogP contribution in [0, 0.1) is 5.82 Å². The van der Waals surface area contributed by atoms with Gasteiger partial charge in [-0.05, 0) is 30.2 Å². The molecule has 0 amide bonds. The van der Waals surface area contributed by atoms with Gasteiger partial charge in [0, 0.05) is 6.20 Å². The number of aryl methyl sites for hydroxylation is 1. The molecule has 0 aliphatic rings. The number of hydrogen-bond acceptors (Lipinski definition) is 2. The van der Waals surface area contributed by atoms with Gasteiger partial charge in [-0.1, -0.05) is 19.1 Å². The molecule has 0 fully saturated rings. The van der Waals surface area contributed by atoms with Crippen LogP contribution in [0.2, 0.25) is 0 Å². The summed E-state index contributed by atoms with van der Waals surface area (Å²) in [4.78, 5) is 8.75. The molecule has 21 heavy (non-hydrogen) atoms. The molecule has 0 spiro atoms. The van der Waals surface area contributed by atoms with Crippen molar-refractivity contribution in [1.82, 2.24) is 14.5 Å². The standard InChI is InChI=1S/C16H15ClFN3/c1-2-11-5-4-8-19-13(11)10-21-14-7-3-6-12(18)16(14)20-15(21)9-17/h3-8H,2,9-10H2,1H3. The molecule has 0 aliphatic heterocycles. The zero-order valence-electron chi connectivity index (χ0n) is 11.7. The summed E-state index contributed by atoms with van der Waals surface area (Å²) in [6.45, 7) is 2.64. The minimum absolute atomic E-state index is 0.239. The highest BCUT2D eigenvalue weighted by Crippen LogP contribution is 2.22. The molecule has 2 aromatic heterocycles. The fourth-order valence-corrected chi connectivity index (χ4v) is 2.73. The van der Waals surface area contributed by atoms with E-state index in [4.69, 9.17) is 11.6 Å². The lowest BCUT2D eigenvalue weighted by molar-refractivity contribution is 0.637. The number of halogens is 2. The molecule has 5 heteroatoms. The highest BCUT2D eigenvalue weighted by atomic mass is 35.5. The first-order valence-corrected chi connectivity index (χ1v) is 7.40. The molecule has 0 atom stereocenters. The fourth-order valence-electron chi connectivity index (χ4n) is 2.52. The van der Waals surface area contributed by atoms with Crippen molar-refractivity contribution in [2.45, 2.75) is 25.8 Å². The molecule has 108 valence electrons. The van der Waals surface area contributed by atoms with Crippen molar-refractivity contribution in [3.63, 3.8) is 0 Å². The summed E-state index contributed by atoms with van der Waals surface area (Å²) in [5.74, 6) is 0.571. The molecule has 1 aromatic carbocycles. The minimum atomic E-state index is -0.325. The first-order chi connectivity index (χ1) is 10.2. The Morgan fingerprint density at radius 1 is 1.24 bits per heavy atom. The number of aromatic nitrogens is 3. The zero-order valence-corrected chi connectivity index (χ0v) is 12.4. The highest BCUT2D eigenvalue weighted by molar-refractivity contribution is 6.16. The van der Waals surface area contributed by atoms with Crippen LogP contribution in [0.25, 0.3) is 11.0 Å². The van der Waals surface area contributed by atoms with Gasteiger partial charge >= 0.3 is 0 Å². The van der Waals surface area contributed by atoms with Crippen LogP contribution in [0.1, 0.15) is 24.0 Å². The van der Waals surface area contributed by atoms with E-state index in [0.717, 1.165) is 17.6 Å². The molecule has 0 unspecified atom stereocenters. The van der Waals surface area contributed by atoms with Gasteiger partial charge in [0.1, 0.15) is 11.3 Å². The van der Waals surface area contributed by atoms with Gasteiger partial charge in [0.25, 0.3) is 0 Å². The number of hydrogen-bond donors (Lipinski definition) is 0. The molecule has 0 radical (unpaired) electrons. The average molecular weight is 304 g/mol. The Hall–Kier alpha value is -1.94. The molecule has 3 aromatic rings. The number of rotatable bonds is 4. The van der Waals surface area contributed by atoms with Crippen LogP contribution < -0.4 is 0 Å². The van der Waals surface area contributed by atoms with Gasteiger partial charge in [0.05, 0.1) is 23.6 Å². The summed E-state index contributed by atoms with van der Waals surface area (Å²) in [7, 11) is 0. The fraction of sp³-hybridized carbons (Fsp3) is 0.250. The Morgan fingerprint density at radius 3 is 2.86 bits per heavy atom. The second-order valence-electron chi connectivity index (χ2n) is 4.82. The van der Waals surface area contributed by atoms with Gasteiger partial charge in [0.15, 0.2) is 5.82 Å². The molecule has 0 aliphatic carbocycles. The topological polar surface area (TPSA) is 30.7 Å². The van der Waals surface area contributed by atoms with Crippen LogP contribution in [0.5, 0.6) is 0 Å². The van der Waals surface area contributed by atoms with Crippen molar-refractivity contribution < 1.29 is 4.39 Å². The second-order valence-corrected chi connectivity index (χ2v) is 5.09. The Labute approximate surface area is 127 Å². The number of pyridine rings is 1. The third-order valence-electron chi connectivity index (χ3n) is 3.60. The van der Waals surface area contributed by atoms with Crippen molar-refractivity contribution in [2.75, 3.05) is 0 Å². The predicted molar refractivity (Wildman–Crippen MR) is 82.0 cm³/mol. The molecule has 0 bridgehead atoms. The number of para-hydroxylation sites is 1. The first kappa shape index (κ1) is 14.0. The average Bonchev–Trinajstić information content (AvgIpc) is 2.87. The maximum Gasteiger partial charge on any atom is 0.151 e. The van der Waals surface area contributed by atoms with Crippen LogP contribution in [0.15, 0.2) is 36.5 Å². The van der Waals surface area contributed by atoms with Gasteiger partial charge in [-0.25, -0.2) is 9.37 Å². The van der Waals surface area contributed by atoms with Gasteiger partial charge in [-0.2, -0.15) is 0 Å². The summed E-state index contributed by atoms with van der Waals surface area (Å²) >= 11 is 5.97. The molecule has 3 nitrogen and oxygen atoms in total. The van der Waals surface area contributed by atoms with Crippen molar-refractivity contribution in [1.29, 1.82) is 0 Å². The molecule has 3 rings (SSSR count). The van der Waals surface area contributed by atoms with Crippen LogP contribution in [-0.4, -0.2) is 14.5 Å². The molecular weight excluding hydrogens is 289 g/mol. The number of nitrogens with zero attached hydrogens (tertiary/aromatic N) is 3. The second kappa shape index (κ2) is 5.82. The molecule has 0 saturated carbocycles. The van der Waals surface area contributed by atoms with E-state index < -0.39 is 0 Å². The smallest absolute Gasteiger partial charge is 0.151 e. The third kappa shape index (κ3) is 2.51. The van der Waals surface area contributed by atoms with E-state index in [1.807, 2.05) is 16.7 Å². The summed E-state index contributed by atoms with van der Waals surface area (Å²) in [6.07, 6.45) is 2.68. The number of alkyl halides is 1. The SMILES string of the molecule is CCc1cccnc1Cn1c(CCl)nc2c(F)cccc21. The maximum atomic E-state index is 13.9. The lowest BCUT2D eigenvalue weighted by atomic mass is 10.1. The Kier molecular flexibility index (Phi) is 3.88. The number of benzene rings is 1. The van der Waals surface area contributed by atoms with E-state index in [0.29, 0.717) is 17.9 Å². The van der Waals surface area contributed by atoms with E-state index in [9.17, 15) is 4.39 Å². The van der Waals surface area contributed by atoms with E-state index in [1.54, 1.807) is 12.3 Å². The Bertz CT molecular complexity index is 782. The van der Waals surface area contributed by atoms with Gasteiger partial charge in [-0.15, -0.1) is 11.6 Å². The van der Waals surface area contributed by atoms with Gasteiger partial charge < -0.3 is 4.57 Å². The monoisotopic (exact) mass is 303 g/mol. The summed E-state index contributed by atoms with van der Waals surface area (Å²) < 4.78 is 15.8. The largest absolute Gasteiger partial charge is 0.321 e. The number of fused-ring (bicyclic) bond motifs is 1. The van der Waals surface area contributed by atoms with Crippen molar-refractivity contribution in [3.05, 3.63) is 59.4 Å². The Balaban J connectivity index is 2.13. The van der Waals surface area contributed by atoms with Gasteiger partial charge in [-0.3, -0.25) is 4.98 Å². The lowest BCUT2D eigenvalue weighted by Gasteiger charge is -2.10. The number of imidazole rings is 1. The van der Waals surface area contributed by atoms with Crippen LogP contribution in [0.3, 0.4) is 0 Å². The normalized spacial score (nSPS) is 11.2. The molecule has 2 heterocycles. The van der Waals surface area contributed by atoms with Crippen LogP contribution in [-0.2, 0) is 18.8 Å². The Morgan fingerprint density at radius 2 is 2.10 bits per heavy atom. The van der Waals surface area contributed by atoms with Crippen molar-refractivity contribution in [2.24, 2.45) is 0 Å². The lowest BCUT2D eigenvalue weighted by Crippen LogP contribution is -2.07.